The van der Waals surface area contributed by atoms with Crippen molar-refractivity contribution in [2.24, 2.45) is 5.92 Å². The summed E-state index contributed by atoms with van der Waals surface area (Å²) in [7, 11) is 0. The quantitative estimate of drug-likeness (QED) is 0.872. The van der Waals surface area contributed by atoms with E-state index < -0.39 is 5.97 Å². The van der Waals surface area contributed by atoms with E-state index in [1.165, 1.54) is 0 Å². The van der Waals surface area contributed by atoms with Crippen molar-refractivity contribution in [1.29, 1.82) is 0 Å². The molecule has 1 aromatic carbocycles. The maximum Gasteiger partial charge on any atom is 0.336 e. The lowest BCUT2D eigenvalue weighted by atomic mass is 9.92. The van der Waals surface area contributed by atoms with Crippen LogP contribution in [0.2, 0.25) is 0 Å². The van der Waals surface area contributed by atoms with E-state index in [1.54, 1.807) is 12.1 Å². The molecule has 1 saturated heterocycles. The highest BCUT2D eigenvalue weighted by molar-refractivity contribution is 5.89. The van der Waals surface area contributed by atoms with Crippen molar-refractivity contribution in [3.63, 3.8) is 0 Å². The van der Waals surface area contributed by atoms with Crippen LogP contribution in [0.15, 0.2) is 24.3 Å². The van der Waals surface area contributed by atoms with Gasteiger partial charge in [0, 0.05) is 6.54 Å². The van der Waals surface area contributed by atoms with Crippen LogP contribution in [0.3, 0.4) is 0 Å². The Morgan fingerprint density at radius 2 is 2.00 bits per heavy atom. The van der Waals surface area contributed by atoms with Crippen LogP contribution >= 0.6 is 0 Å². The Bertz CT molecular complexity index is 437. The van der Waals surface area contributed by atoms with Gasteiger partial charge in [-0.1, -0.05) is 18.2 Å². The summed E-state index contributed by atoms with van der Waals surface area (Å²) in [5.74, 6) is -0.486. The topological polar surface area (TPSA) is 60.8 Å². The molecule has 0 radical (unpaired) electrons. The van der Waals surface area contributed by atoms with Gasteiger partial charge in [-0.15, -0.1) is 0 Å². The predicted octanol–water partition coefficient (Wildman–Crippen LogP) is 1.98. The first kappa shape index (κ1) is 14.0. The lowest BCUT2D eigenvalue weighted by Crippen LogP contribution is -2.36. The zero-order valence-electron chi connectivity index (χ0n) is 11.2. The number of hydrogen-bond acceptors (Lipinski definition) is 3. The second-order valence-corrected chi connectivity index (χ2v) is 5.32. The third kappa shape index (κ3) is 3.55. The molecule has 0 spiro atoms. The fraction of sp³-hybridized carbons (Fsp3) is 0.533. The molecule has 19 heavy (non-hydrogen) atoms. The molecule has 0 bridgehead atoms. The third-order valence-electron chi connectivity index (χ3n) is 3.96. The summed E-state index contributed by atoms with van der Waals surface area (Å²) in [4.78, 5) is 13.4. The number of aliphatic hydroxyl groups is 1. The minimum absolute atomic E-state index is 0.242. The Morgan fingerprint density at radius 3 is 2.58 bits per heavy atom. The van der Waals surface area contributed by atoms with Gasteiger partial charge < -0.3 is 10.2 Å². The van der Waals surface area contributed by atoms with Gasteiger partial charge >= 0.3 is 5.97 Å². The molecule has 2 rings (SSSR count). The number of carboxylic acid groups (broad SMARTS) is 1. The van der Waals surface area contributed by atoms with Gasteiger partial charge in [-0.25, -0.2) is 4.79 Å². The van der Waals surface area contributed by atoms with E-state index in [-0.39, 0.29) is 6.10 Å². The summed E-state index contributed by atoms with van der Waals surface area (Å²) in [5.41, 5.74) is 1.26. The molecular weight excluding hydrogens is 242 g/mol. The van der Waals surface area contributed by atoms with Crippen molar-refractivity contribution in [2.45, 2.75) is 32.4 Å². The first-order valence-electron chi connectivity index (χ1n) is 6.79. The zero-order valence-corrected chi connectivity index (χ0v) is 11.2. The van der Waals surface area contributed by atoms with Crippen molar-refractivity contribution in [3.8, 4) is 0 Å². The van der Waals surface area contributed by atoms with E-state index in [0.29, 0.717) is 18.0 Å². The van der Waals surface area contributed by atoms with Crippen molar-refractivity contribution >= 4 is 5.97 Å². The van der Waals surface area contributed by atoms with Gasteiger partial charge in [0.25, 0.3) is 0 Å². The Balaban J connectivity index is 1.98. The molecule has 1 heterocycles. The predicted molar refractivity (Wildman–Crippen MR) is 73.1 cm³/mol. The molecule has 1 aromatic rings. The molecule has 0 aliphatic carbocycles. The second kappa shape index (κ2) is 6.17. The van der Waals surface area contributed by atoms with Crippen LogP contribution in [-0.2, 0) is 6.54 Å². The molecule has 4 heteroatoms. The standard InChI is InChI=1S/C15H21NO3/c1-11(17)12-6-8-16(9-7-12)10-13-4-2-3-5-14(13)15(18)19/h2-5,11-12,17H,6-10H2,1H3,(H,18,19). The van der Waals surface area contributed by atoms with Crippen molar-refractivity contribution in [1.82, 2.24) is 4.90 Å². The summed E-state index contributed by atoms with van der Waals surface area (Å²) < 4.78 is 0. The van der Waals surface area contributed by atoms with Crippen molar-refractivity contribution in [3.05, 3.63) is 35.4 Å². The number of nitrogens with zero attached hydrogens (tertiary/aromatic N) is 1. The minimum Gasteiger partial charge on any atom is -0.478 e. The van der Waals surface area contributed by atoms with Gasteiger partial charge in [-0.05, 0) is 50.4 Å². The number of rotatable bonds is 4. The van der Waals surface area contributed by atoms with Crippen LogP contribution in [0.4, 0.5) is 0 Å². The lowest BCUT2D eigenvalue weighted by molar-refractivity contribution is 0.0672. The van der Waals surface area contributed by atoms with Gasteiger partial charge in [-0.2, -0.15) is 0 Å². The van der Waals surface area contributed by atoms with Crippen LogP contribution in [-0.4, -0.2) is 40.3 Å². The average molecular weight is 263 g/mol. The monoisotopic (exact) mass is 263 g/mol. The molecule has 104 valence electrons. The molecule has 1 aliphatic rings. The number of benzene rings is 1. The van der Waals surface area contributed by atoms with Crippen molar-refractivity contribution < 1.29 is 15.0 Å². The molecule has 2 N–H and O–H groups in total. The largest absolute Gasteiger partial charge is 0.478 e. The van der Waals surface area contributed by atoms with E-state index in [1.807, 2.05) is 19.1 Å². The number of carbonyl (C=O) groups is 1. The van der Waals surface area contributed by atoms with E-state index in [0.717, 1.165) is 31.5 Å². The second-order valence-electron chi connectivity index (χ2n) is 5.32. The van der Waals surface area contributed by atoms with E-state index in [2.05, 4.69) is 4.90 Å². The highest BCUT2D eigenvalue weighted by Crippen LogP contribution is 2.22. The summed E-state index contributed by atoms with van der Waals surface area (Å²) in [6.45, 7) is 4.36. The zero-order chi connectivity index (χ0) is 13.8. The number of aromatic carboxylic acids is 1. The van der Waals surface area contributed by atoms with Crippen LogP contribution < -0.4 is 0 Å². The highest BCUT2D eigenvalue weighted by atomic mass is 16.4. The SMILES string of the molecule is CC(O)C1CCN(Cc2ccccc2C(=O)O)CC1. The maximum absolute atomic E-state index is 11.2. The van der Waals surface area contributed by atoms with Crippen molar-refractivity contribution in [2.75, 3.05) is 13.1 Å². The number of hydrogen-bond donors (Lipinski definition) is 2. The smallest absolute Gasteiger partial charge is 0.336 e. The highest BCUT2D eigenvalue weighted by Gasteiger charge is 2.23. The van der Waals surface area contributed by atoms with Crippen LogP contribution in [0.5, 0.6) is 0 Å². The molecule has 0 aromatic heterocycles. The molecular formula is C15H21NO3. The Kier molecular flexibility index (Phi) is 4.56. The summed E-state index contributed by atoms with van der Waals surface area (Å²) in [6, 6.07) is 7.17. The molecule has 0 amide bonds. The van der Waals surface area contributed by atoms with E-state index in [4.69, 9.17) is 5.11 Å². The van der Waals surface area contributed by atoms with Gasteiger partial charge in [0.05, 0.1) is 11.7 Å². The van der Waals surface area contributed by atoms with Crippen LogP contribution in [0.1, 0.15) is 35.7 Å². The molecule has 1 aliphatic heterocycles. The summed E-state index contributed by atoms with van der Waals surface area (Å²) in [6.07, 6.45) is 1.72. The molecule has 0 saturated carbocycles. The maximum atomic E-state index is 11.2. The average Bonchev–Trinajstić information content (AvgIpc) is 2.39. The summed E-state index contributed by atoms with van der Waals surface area (Å²) >= 11 is 0. The van der Waals surface area contributed by atoms with Gasteiger partial charge in [0.15, 0.2) is 0 Å². The molecule has 1 fully saturated rings. The van der Waals surface area contributed by atoms with E-state index in [9.17, 15) is 9.90 Å². The first-order chi connectivity index (χ1) is 9.08. The number of aliphatic hydroxyl groups excluding tert-OH is 1. The lowest BCUT2D eigenvalue weighted by Gasteiger charge is -2.33. The minimum atomic E-state index is -0.866. The Hall–Kier alpha value is -1.39. The number of carboxylic acids is 1. The molecule has 4 nitrogen and oxygen atoms in total. The number of likely N-dealkylation sites (tertiary alicyclic amines) is 1. The first-order valence-corrected chi connectivity index (χ1v) is 6.79. The molecule has 1 atom stereocenters. The van der Waals surface area contributed by atoms with Crippen LogP contribution in [0, 0.1) is 5.92 Å². The third-order valence-corrected chi connectivity index (χ3v) is 3.96. The van der Waals surface area contributed by atoms with Gasteiger partial charge in [0.2, 0.25) is 0 Å². The van der Waals surface area contributed by atoms with Crippen LogP contribution in [0.25, 0.3) is 0 Å². The fourth-order valence-corrected chi connectivity index (χ4v) is 2.70. The van der Waals surface area contributed by atoms with Gasteiger partial charge in [0.1, 0.15) is 0 Å². The Morgan fingerprint density at radius 1 is 1.37 bits per heavy atom. The Labute approximate surface area is 113 Å². The fourth-order valence-electron chi connectivity index (χ4n) is 2.70. The summed E-state index contributed by atoms with van der Waals surface area (Å²) in [5, 5.41) is 18.7. The normalized spacial score (nSPS) is 19.3. The van der Waals surface area contributed by atoms with Gasteiger partial charge in [-0.3, -0.25) is 4.90 Å². The van der Waals surface area contributed by atoms with E-state index >= 15 is 0 Å². The number of piperidine rings is 1. The molecule has 1 unspecified atom stereocenters.